The summed E-state index contributed by atoms with van der Waals surface area (Å²) >= 11 is 0. The average molecular weight is 1120 g/mol. The van der Waals surface area contributed by atoms with Crippen molar-refractivity contribution in [1.82, 2.24) is 14.5 Å². The maximum atomic E-state index is 14.9. The number of benzene rings is 1. The van der Waals surface area contributed by atoms with Crippen molar-refractivity contribution in [3.05, 3.63) is 45.7 Å². The molecule has 4 fully saturated rings. The first-order chi connectivity index (χ1) is 37.1. The molecule has 0 spiro atoms. The van der Waals surface area contributed by atoms with Gasteiger partial charge in [0.1, 0.15) is 24.9 Å². The number of aromatic nitrogens is 1. The van der Waals surface area contributed by atoms with Gasteiger partial charge in [0.05, 0.1) is 77.9 Å². The Balaban J connectivity index is 1.24. The van der Waals surface area contributed by atoms with E-state index >= 15 is 0 Å². The van der Waals surface area contributed by atoms with Crippen LogP contribution in [0.1, 0.15) is 124 Å². The molecule has 22 heteroatoms. The Hall–Kier alpha value is -4.49. The zero-order valence-electron chi connectivity index (χ0n) is 49.2. The highest BCUT2D eigenvalue weighted by Crippen LogP contribution is 2.43. The van der Waals surface area contributed by atoms with Gasteiger partial charge in [-0.3, -0.25) is 19.3 Å². The number of methoxy groups -OCH3 is 1. The van der Waals surface area contributed by atoms with Crippen LogP contribution in [0.4, 0.5) is 4.79 Å². The molecule has 6 rings (SSSR count). The summed E-state index contributed by atoms with van der Waals surface area (Å²) in [6.07, 6.45) is -5.87. The summed E-state index contributed by atoms with van der Waals surface area (Å²) in [5.74, 6) is -4.59. The average Bonchev–Trinajstić information content (AvgIpc) is 3.73. The van der Waals surface area contributed by atoms with Crippen molar-refractivity contribution in [1.29, 1.82) is 0 Å². The fraction of sp³-hybridized carbons (Fsp3) is 0.772. The monoisotopic (exact) mass is 1120 g/mol. The number of fused-ring (bicyclic) bond motifs is 2. The Morgan fingerprint density at radius 2 is 1.62 bits per heavy atom. The molecule has 4 aliphatic rings. The molecule has 18 atom stereocenters. The van der Waals surface area contributed by atoms with Crippen LogP contribution in [0.3, 0.4) is 0 Å². The second kappa shape index (κ2) is 26.6. The number of esters is 2. The fourth-order valence-corrected chi connectivity index (χ4v) is 12.5. The second-order valence-corrected chi connectivity index (χ2v) is 23.3. The number of carbonyl (C=O) groups is 4. The van der Waals surface area contributed by atoms with Gasteiger partial charge in [0, 0.05) is 45.6 Å². The number of rotatable bonds is 18. The van der Waals surface area contributed by atoms with Crippen molar-refractivity contribution in [2.24, 2.45) is 17.8 Å². The molecule has 79 heavy (non-hydrogen) atoms. The predicted molar refractivity (Wildman–Crippen MR) is 287 cm³/mol. The number of hydrogen-bond donors (Lipinski definition) is 2. The molecule has 22 nitrogen and oxygen atoms in total. The van der Waals surface area contributed by atoms with Gasteiger partial charge in [-0.05, 0) is 125 Å². The summed E-state index contributed by atoms with van der Waals surface area (Å²) in [5.41, 5.74) is -3.67. The second-order valence-electron chi connectivity index (χ2n) is 23.3. The van der Waals surface area contributed by atoms with E-state index in [0.29, 0.717) is 37.9 Å². The fourth-order valence-electron chi connectivity index (χ4n) is 12.5. The number of pyridine rings is 1. The van der Waals surface area contributed by atoms with Crippen LogP contribution in [0, 0.1) is 17.8 Å². The minimum absolute atomic E-state index is 0.148. The van der Waals surface area contributed by atoms with E-state index < -0.39 is 119 Å². The van der Waals surface area contributed by atoms with E-state index in [4.69, 9.17) is 56.9 Å². The first-order valence-corrected chi connectivity index (χ1v) is 27.8. The number of aliphatic hydroxyl groups is 1. The molecule has 5 heterocycles. The maximum Gasteiger partial charge on any atom is 0.509 e. The summed E-state index contributed by atoms with van der Waals surface area (Å²) in [6.45, 7) is 21.0. The standard InChI is InChI=1S/C57H89N3O19/c1-17-43-57(11)49(78-54(66)79-57)35(6)59(14)29-31(2)27-55(9,67)48(77-53-47(74-37(8)61)42(58(12)13)25-32(3)72-53)33(4)46(34(5)52(65)75-43)76-44-28-56(10,68-15)50(36(7)73-44)71-24-23-70-22-18-19-38-20-21-41-39(26-38)45(62)40(51(63)64)30-60(41)69-16/h20-21,26,30-36,42-44,46-50,53,67H,17-19,22-25,27-29H2,1-16H3,(H,63,64)/t31-,32-,33+,34-,35-,36+,42+,43-,44+,46+,47-,48-,49?,50+,53+,55-,56-,57-/m1/s1. The van der Waals surface area contributed by atoms with Crippen molar-refractivity contribution in [3.8, 4) is 0 Å². The van der Waals surface area contributed by atoms with Crippen molar-refractivity contribution < 1.29 is 86.3 Å². The molecule has 4 saturated heterocycles. The molecule has 0 aliphatic carbocycles. The molecule has 0 amide bonds. The molecular weight excluding hydrogens is 1030 g/mol. The minimum Gasteiger partial charge on any atom is -0.477 e. The van der Waals surface area contributed by atoms with Crippen molar-refractivity contribution in [2.75, 3.05) is 61.7 Å². The lowest BCUT2D eigenvalue weighted by molar-refractivity contribution is -0.321. The predicted octanol–water partition coefficient (Wildman–Crippen LogP) is 5.40. The van der Waals surface area contributed by atoms with Crippen molar-refractivity contribution in [3.63, 3.8) is 0 Å². The Kier molecular flexibility index (Phi) is 21.5. The topological polar surface area (TPSA) is 248 Å². The number of hydrogen-bond acceptors (Lipinski definition) is 20. The third-order valence-electron chi connectivity index (χ3n) is 16.6. The zero-order valence-corrected chi connectivity index (χ0v) is 49.2. The van der Waals surface area contributed by atoms with Gasteiger partial charge in [0.15, 0.2) is 30.4 Å². The van der Waals surface area contributed by atoms with E-state index in [1.807, 2.05) is 85.5 Å². The Morgan fingerprint density at radius 3 is 2.25 bits per heavy atom. The van der Waals surface area contributed by atoms with Gasteiger partial charge in [-0.2, -0.15) is 4.73 Å². The van der Waals surface area contributed by atoms with Gasteiger partial charge in [-0.1, -0.05) is 26.8 Å². The number of aryl methyl sites for hydroxylation is 1. The van der Waals surface area contributed by atoms with E-state index in [1.54, 1.807) is 40.0 Å². The maximum absolute atomic E-state index is 14.9. The van der Waals surface area contributed by atoms with E-state index in [0.717, 1.165) is 11.8 Å². The van der Waals surface area contributed by atoms with Crippen LogP contribution in [-0.2, 0) is 68.1 Å². The number of likely N-dealkylation sites (N-methyl/N-ethyl adjacent to an activating group) is 2. The van der Waals surface area contributed by atoms with Crippen LogP contribution in [0.2, 0.25) is 0 Å². The molecule has 1 aromatic carbocycles. The van der Waals surface area contributed by atoms with Gasteiger partial charge in [-0.15, -0.1) is 0 Å². The van der Waals surface area contributed by atoms with E-state index in [2.05, 4.69) is 0 Å². The zero-order chi connectivity index (χ0) is 58.5. The first-order valence-electron chi connectivity index (χ1n) is 27.8. The molecule has 0 radical (unpaired) electrons. The van der Waals surface area contributed by atoms with Crippen molar-refractivity contribution in [2.45, 2.75) is 205 Å². The van der Waals surface area contributed by atoms with Gasteiger partial charge >= 0.3 is 24.1 Å². The van der Waals surface area contributed by atoms with E-state index in [1.165, 1.54) is 18.8 Å². The highest BCUT2D eigenvalue weighted by Gasteiger charge is 2.58. The van der Waals surface area contributed by atoms with E-state index in [-0.39, 0.29) is 61.5 Å². The number of carboxylic acid groups (broad SMARTS) is 1. The smallest absolute Gasteiger partial charge is 0.477 e. The Morgan fingerprint density at radius 1 is 0.911 bits per heavy atom. The normalized spacial score (nSPS) is 37.1. The van der Waals surface area contributed by atoms with Crippen LogP contribution >= 0.6 is 0 Å². The number of carbonyl (C=O) groups excluding carboxylic acids is 3. The number of carboxylic acids is 1. The highest BCUT2D eigenvalue weighted by atomic mass is 16.8. The highest BCUT2D eigenvalue weighted by molar-refractivity contribution is 5.92. The summed E-state index contributed by atoms with van der Waals surface area (Å²) in [7, 11) is 8.67. The SMILES string of the molecule is CC[C@H]1OC(=O)[C@H](C)[C@@H](O[C@H]2C[C@@](C)(OC)[C@@H](OCCOCCCc3ccc4c(c3)c(=O)c(C(=O)O)cn4OC)[C@H](C)O2)[C@H](C)[C@@H](O[C@@H]2O[C@H](C)C[C@H](N(C)C)[C@H]2OC(C)=O)[C@](C)(O)C[C@@H](C)CN(C)[C@H](C)C2OC(=O)O[C@@]21C. The molecule has 0 saturated carbocycles. The number of cyclic esters (lactones) is 1. The van der Waals surface area contributed by atoms with Gasteiger partial charge in [-0.25, -0.2) is 9.59 Å². The van der Waals surface area contributed by atoms with E-state index in [9.17, 15) is 34.2 Å². The first kappa shape index (κ1) is 63.7. The third kappa shape index (κ3) is 14.6. The summed E-state index contributed by atoms with van der Waals surface area (Å²) in [4.78, 5) is 74.6. The van der Waals surface area contributed by atoms with Gasteiger partial charge in [0.25, 0.3) is 0 Å². The summed E-state index contributed by atoms with van der Waals surface area (Å²) < 4.78 is 71.2. The van der Waals surface area contributed by atoms with Crippen molar-refractivity contribution >= 4 is 35.0 Å². The Bertz CT molecular complexity index is 2470. The lowest BCUT2D eigenvalue weighted by Gasteiger charge is -2.49. The molecule has 1 unspecified atom stereocenters. The molecule has 446 valence electrons. The summed E-state index contributed by atoms with van der Waals surface area (Å²) in [6, 6.07) is 4.56. The van der Waals surface area contributed by atoms with Crippen LogP contribution in [0.25, 0.3) is 10.9 Å². The largest absolute Gasteiger partial charge is 0.509 e. The quantitative estimate of drug-likeness (QED) is 0.108. The number of ether oxygens (including phenoxy) is 11. The molecular formula is C57H89N3O19. The van der Waals surface area contributed by atoms with Crippen LogP contribution < -0.4 is 10.3 Å². The van der Waals surface area contributed by atoms with Crippen LogP contribution in [-0.4, -0.2) is 201 Å². The molecule has 0 bridgehead atoms. The number of nitrogens with zero attached hydrogens (tertiary/aromatic N) is 3. The summed E-state index contributed by atoms with van der Waals surface area (Å²) in [5, 5.41) is 22.8. The molecule has 2 aromatic rings. The Labute approximate surface area is 464 Å². The lowest BCUT2D eigenvalue weighted by atomic mass is 9.77. The third-order valence-corrected chi connectivity index (χ3v) is 16.6. The lowest BCUT2D eigenvalue weighted by Crippen LogP contribution is -2.61. The molecule has 2 N–H and O–H groups in total. The number of aromatic carboxylic acids is 1. The van der Waals surface area contributed by atoms with Gasteiger partial charge < -0.3 is 72.1 Å². The molecule has 4 aliphatic heterocycles. The van der Waals surface area contributed by atoms with Gasteiger partial charge in [0.2, 0.25) is 5.43 Å². The van der Waals surface area contributed by atoms with Crippen LogP contribution in [0.15, 0.2) is 29.2 Å². The minimum atomic E-state index is -1.64. The van der Waals surface area contributed by atoms with Crippen LogP contribution in [0.5, 0.6) is 0 Å². The molecule has 1 aromatic heterocycles.